The highest BCUT2D eigenvalue weighted by atomic mass is 16.5. The zero-order valence-electron chi connectivity index (χ0n) is 16.1. The first-order chi connectivity index (χ1) is 13.2. The molecule has 6 nitrogen and oxygen atoms in total. The molecule has 0 aliphatic carbocycles. The molecule has 0 amide bonds. The number of para-hydroxylation sites is 2. The van der Waals surface area contributed by atoms with Crippen LogP contribution in [0, 0.1) is 0 Å². The number of benzene rings is 2. The van der Waals surface area contributed by atoms with Gasteiger partial charge in [-0.3, -0.25) is 0 Å². The zero-order chi connectivity index (χ0) is 19.1. The largest absolute Gasteiger partial charge is 0.504 e. The van der Waals surface area contributed by atoms with Gasteiger partial charge in [-0.2, -0.15) is 0 Å². The lowest BCUT2D eigenvalue weighted by Crippen LogP contribution is -2.52. The van der Waals surface area contributed by atoms with E-state index in [1.807, 2.05) is 18.2 Å². The molecule has 3 rings (SSSR count). The summed E-state index contributed by atoms with van der Waals surface area (Å²) in [6.45, 7) is 7.01. The monoisotopic (exact) mass is 368 g/mol. The number of anilines is 1. The van der Waals surface area contributed by atoms with Gasteiger partial charge in [0, 0.05) is 44.0 Å². The first kappa shape index (κ1) is 18.9. The van der Waals surface area contributed by atoms with E-state index in [2.05, 4.69) is 46.3 Å². The van der Waals surface area contributed by atoms with Gasteiger partial charge in [-0.05, 0) is 25.1 Å². The Morgan fingerprint density at radius 2 is 1.81 bits per heavy atom. The summed E-state index contributed by atoms with van der Waals surface area (Å²) in [5, 5.41) is 13.6. The van der Waals surface area contributed by atoms with Gasteiger partial charge in [-0.25, -0.2) is 4.99 Å². The van der Waals surface area contributed by atoms with E-state index >= 15 is 0 Å². The number of nitrogens with zero attached hydrogens (tertiary/aromatic N) is 3. The summed E-state index contributed by atoms with van der Waals surface area (Å²) >= 11 is 0. The number of phenolic OH excluding ortho intramolecular Hbond substituents is 1. The van der Waals surface area contributed by atoms with Gasteiger partial charge in [0.05, 0.1) is 13.7 Å². The van der Waals surface area contributed by atoms with Crippen molar-refractivity contribution in [1.29, 1.82) is 0 Å². The van der Waals surface area contributed by atoms with Crippen molar-refractivity contribution < 1.29 is 9.84 Å². The maximum atomic E-state index is 10.3. The zero-order valence-corrected chi connectivity index (χ0v) is 16.1. The number of aliphatic imine (C=N–C) groups is 1. The number of hydrogen-bond acceptors (Lipinski definition) is 4. The Hall–Kier alpha value is -2.89. The molecule has 27 heavy (non-hydrogen) atoms. The first-order valence-corrected chi connectivity index (χ1v) is 9.41. The van der Waals surface area contributed by atoms with E-state index in [0.717, 1.165) is 44.2 Å². The predicted molar refractivity (Wildman–Crippen MR) is 110 cm³/mol. The summed E-state index contributed by atoms with van der Waals surface area (Å²) < 4.78 is 5.18. The Morgan fingerprint density at radius 3 is 2.48 bits per heavy atom. The number of rotatable bonds is 5. The molecule has 0 saturated carbocycles. The fourth-order valence-corrected chi connectivity index (χ4v) is 3.26. The van der Waals surface area contributed by atoms with Gasteiger partial charge < -0.3 is 25.0 Å². The standard InChI is InChI=1S/C21H28N4O2/c1-3-22-21(23-16-17-8-7-11-19(27-2)20(17)26)25-14-12-24(13-15-25)18-9-5-4-6-10-18/h4-11,26H,3,12-16H2,1-2H3,(H,22,23). The van der Waals surface area contributed by atoms with Crippen molar-refractivity contribution in [2.75, 3.05) is 44.7 Å². The minimum atomic E-state index is 0.161. The number of guanidine groups is 1. The normalized spacial score (nSPS) is 15.0. The highest BCUT2D eigenvalue weighted by Gasteiger charge is 2.20. The molecule has 1 heterocycles. The molecule has 2 aromatic carbocycles. The fraction of sp³-hybridized carbons (Fsp3) is 0.381. The first-order valence-electron chi connectivity index (χ1n) is 9.41. The van der Waals surface area contributed by atoms with Crippen LogP contribution in [0.2, 0.25) is 0 Å². The quantitative estimate of drug-likeness (QED) is 0.628. The number of aromatic hydroxyl groups is 1. The lowest BCUT2D eigenvalue weighted by molar-refractivity contribution is 0.368. The Balaban J connectivity index is 1.66. The Kier molecular flexibility index (Phi) is 6.41. The second-order valence-corrected chi connectivity index (χ2v) is 6.45. The fourth-order valence-electron chi connectivity index (χ4n) is 3.26. The maximum Gasteiger partial charge on any atom is 0.194 e. The van der Waals surface area contributed by atoms with Gasteiger partial charge in [0.15, 0.2) is 17.5 Å². The summed E-state index contributed by atoms with van der Waals surface area (Å²) in [6, 6.07) is 16.0. The number of piperazine rings is 1. The molecule has 2 aromatic rings. The van der Waals surface area contributed by atoms with E-state index in [9.17, 15) is 5.11 Å². The number of phenols is 1. The number of ether oxygens (including phenoxy) is 1. The second-order valence-electron chi connectivity index (χ2n) is 6.45. The van der Waals surface area contributed by atoms with Crippen molar-refractivity contribution in [1.82, 2.24) is 10.2 Å². The molecule has 1 fully saturated rings. The van der Waals surface area contributed by atoms with Crippen LogP contribution in [0.1, 0.15) is 12.5 Å². The molecule has 0 atom stereocenters. The van der Waals surface area contributed by atoms with Gasteiger partial charge in [-0.1, -0.05) is 30.3 Å². The van der Waals surface area contributed by atoms with Gasteiger partial charge in [0.1, 0.15) is 0 Å². The molecule has 0 spiro atoms. The lowest BCUT2D eigenvalue weighted by atomic mass is 10.2. The summed E-state index contributed by atoms with van der Waals surface area (Å²) in [7, 11) is 1.55. The van der Waals surface area contributed by atoms with Crippen LogP contribution in [-0.2, 0) is 6.54 Å². The summed E-state index contributed by atoms with van der Waals surface area (Å²) in [5.74, 6) is 1.52. The van der Waals surface area contributed by atoms with Crippen molar-refractivity contribution in [3.05, 3.63) is 54.1 Å². The molecular weight excluding hydrogens is 340 g/mol. The third kappa shape index (κ3) is 4.64. The highest BCUT2D eigenvalue weighted by molar-refractivity contribution is 5.80. The molecule has 0 radical (unpaired) electrons. The summed E-state index contributed by atoms with van der Waals surface area (Å²) in [5.41, 5.74) is 2.02. The van der Waals surface area contributed by atoms with E-state index in [1.165, 1.54) is 5.69 Å². The van der Waals surface area contributed by atoms with Crippen LogP contribution in [0.3, 0.4) is 0 Å². The predicted octanol–water partition coefficient (Wildman–Crippen LogP) is 2.69. The minimum Gasteiger partial charge on any atom is -0.504 e. The van der Waals surface area contributed by atoms with Crippen molar-refractivity contribution in [2.24, 2.45) is 4.99 Å². The highest BCUT2D eigenvalue weighted by Crippen LogP contribution is 2.29. The van der Waals surface area contributed by atoms with Crippen LogP contribution >= 0.6 is 0 Å². The van der Waals surface area contributed by atoms with Gasteiger partial charge in [0.2, 0.25) is 0 Å². The molecule has 6 heteroatoms. The van der Waals surface area contributed by atoms with Crippen LogP contribution in [0.4, 0.5) is 5.69 Å². The van der Waals surface area contributed by atoms with Crippen molar-refractivity contribution in [3.63, 3.8) is 0 Å². The Bertz CT molecular complexity index is 756. The van der Waals surface area contributed by atoms with Gasteiger partial charge in [0.25, 0.3) is 0 Å². The molecule has 0 unspecified atom stereocenters. The molecule has 2 N–H and O–H groups in total. The van der Waals surface area contributed by atoms with Gasteiger partial charge in [-0.15, -0.1) is 0 Å². The third-order valence-electron chi connectivity index (χ3n) is 4.74. The number of nitrogens with one attached hydrogen (secondary N) is 1. The van der Waals surface area contributed by atoms with Crippen LogP contribution in [0.15, 0.2) is 53.5 Å². The summed E-state index contributed by atoms with van der Waals surface area (Å²) in [6.07, 6.45) is 0. The van der Waals surface area contributed by atoms with Crippen molar-refractivity contribution in [2.45, 2.75) is 13.5 Å². The maximum absolute atomic E-state index is 10.3. The molecule has 0 bridgehead atoms. The SMILES string of the molecule is CCNC(=NCc1cccc(OC)c1O)N1CCN(c2ccccc2)CC1. The van der Waals surface area contributed by atoms with Crippen molar-refractivity contribution >= 4 is 11.6 Å². The average molecular weight is 368 g/mol. The van der Waals surface area contributed by atoms with Crippen LogP contribution in [-0.4, -0.2) is 55.8 Å². The van der Waals surface area contributed by atoms with E-state index in [-0.39, 0.29) is 5.75 Å². The Labute approximate surface area is 161 Å². The topological polar surface area (TPSA) is 60.3 Å². The molecule has 144 valence electrons. The molecular formula is C21H28N4O2. The molecule has 1 aliphatic rings. The van der Waals surface area contributed by atoms with Crippen LogP contribution < -0.4 is 15.0 Å². The van der Waals surface area contributed by atoms with Crippen molar-refractivity contribution in [3.8, 4) is 11.5 Å². The lowest BCUT2D eigenvalue weighted by Gasteiger charge is -2.37. The smallest absolute Gasteiger partial charge is 0.194 e. The van der Waals surface area contributed by atoms with Gasteiger partial charge >= 0.3 is 0 Å². The Morgan fingerprint density at radius 1 is 1.07 bits per heavy atom. The average Bonchev–Trinajstić information content (AvgIpc) is 2.73. The molecule has 1 aliphatic heterocycles. The third-order valence-corrected chi connectivity index (χ3v) is 4.74. The van der Waals surface area contributed by atoms with E-state index in [1.54, 1.807) is 13.2 Å². The van der Waals surface area contributed by atoms with Crippen LogP contribution in [0.25, 0.3) is 0 Å². The number of hydrogen-bond donors (Lipinski definition) is 2. The van der Waals surface area contributed by atoms with E-state index < -0.39 is 0 Å². The van der Waals surface area contributed by atoms with E-state index in [4.69, 9.17) is 9.73 Å². The van der Waals surface area contributed by atoms with E-state index in [0.29, 0.717) is 12.3 Å². The van der Waals surface area contributed by atoms with Crippen LogP contribution in [0.5, 0.6) is 11.5 Å². The number of methoxy groups -OCH3 is 1. The molecule has 1 saturated heterocycles. The minimum absolute atomic E-state index is 0.161. The second kappa shape index (κ2) is 9.16. The molecule has 0 aromatic heterocycles. The summed E-state index contributed by atoms with van der Waals surface area (Å²) in [4.78, 5) is 9.41.